The second-order valence-corrected chi connectivity index (χ2v) is 30.5. The zero-order valence-electron chi connectivity index (χ0n) is 58.2. The molecule has 5 aromatic carbocycles. The molecule has 12 rings (SSSR count). The number of carbonyl (C=O) groups excluding carboxylic acids is 5. The number of anilines is 4. The summed E-state index contributed by atoms with van der Waals surface area (Å²) in [5, 5.41) is 79.2. The summed E-state index contributed by atoms with van der Waals surface area (Å²) < 4.78 is 0. The number of nitrogens with zero attached hydrogens (tertiary/aromatic N) is 14. The van der Waals surface area contributed by atoms with E-state index in [1.807, 2.05) is 194 Å². The Morgan fingerprint density at radius 1 is 0.417 bits per heavy atom. The highest BCUT2D eigenvalue weighted by atomic mass is 35.5. The molecule has 26 nitrogen and oxygen atoms in total. The normalized spacial score (nSPS) is 12.3. The van der Waals surface area contributed by atoms with Crippen molar-refractivity contribution in [2.45, 2.75) is 103 Å². The largest absolute Gasteiger partial charge is 0.375 e. The second kappa shape index (κ2) is 48.4. The van der Waals surface area contributed by atoms with Crippen LogP contribution in [-0.4, -0.2) is 94.9 Å². The van der Waals surface area contributed by atoms with Crippen LogP contribution in [-0.2, 0) is 107 Å². The van der Waals surface area contributed by atoms with Gasteiger partial charge in [-0.15, -0.1) is 83.9 Å². The van der Waals surface area contributed by atoms with Gasteiger partial charge in [0.1, 0.15) is 51.6 Å². The third-order valence-corrected chi connectivity index (χ3v) is 19.8. The Kier molecular flexibility index (Phi) is 37.8. The van der Waals surface area contributed by atoms with Gasteiger partial charge in [-0.2, -0.15) is 10.5 Å². The molecular weight excluding hydrogens is 1520 g/mol. The van der Waals surface area contributed by atoms with E-state index in [1.54, 1.807) is 23.5 Å². The molecule has 1 aliphatic carbocycles. The van der Waals surface area contributed by atoms with Crippen LogP contribution in [0, 0.1) is 34.5 Å². The van der Waals surface area contributed by atoms with Crippen molar-refractivity contribution in [1.29, 1.82) is 10.5 Å². The predicted octanol–water partition coefficient (Wildman–Crippen LogP) is 11.6. The Morgan fingerprint density at radius 3 is 1.07 bits per heavy atom. The smallest absolute Gasteiger partial charge is 0.230 e. The number of Topliss-reactive ketones (excluding diaryl/α,β-unsaturated/α-hetero) is 2. The summed E-state index contributed by atoms with van der Waals surface area (Å²) in [4.78, 5) is 59.4. The number of benzene rings is 5. The number of rotatable bonds is 30. The van der Waals surface area contributed by atoms with Crippen LogP contribution < -0.4 is 39.1 Å². The van der Waals surface area contributed by atoms with E-state index in [0.717, 1.165) is 100.0 Å². The Morgan fingerprint density at radius 2 is 0.713 bits per heavy atom. The van der Waals surface area contributed by atoms with Crippen molar-refractivity contribution in [2.24, 2.45) is 23.4 Å². The van der Waals surface area contributed by atoms with E-state index < -0.39 is 0 Å². The van der Waals surface area contributed by atoms with Crippen LogP contribution >= 0.6 is 91.8 Å². The van der Waals surface area contributed by atoms with Gasteiger partial charge in [0.15, 0.2) is 5.11 Å². The molecule has 6 aromatic heterocycles. The number of hydrazine groups is 1. The molecule has 108 heavy (non-hydrogen) atoms. The lowest BCUT2D eigenvalue weighted by Gasteiger charge is -2.00. The number of amides is 2. The third-order valence-electron chi connectivity index (χ3n) is 14.4. The Bertz CT molecular complexity index is 4470. The molecule has 0 bridgehead atoms. The zero-order chi connectivity index (χ0) is 76.9. The van der Waals surface area contributed by atoms with E-state index >= 15 is 0 Å². The SMILES string of the molecule is N#CC/C=C/CC#N.NNC(N)=S.Nc1nnc(C/C=C/Cc2nnc(N)s2)s1.O=C(Cc1ccccc1)Cc1nnc(C/C=C/Cc2nnc(NC(=O)Cc3ccccc3)s2)s1.O=C(Cc1ccccc1)Cc1nnc(C[C@H]2C[C@@H]2Cc2nnc(NC(=O)Cc3ccccc3)s2)s1.O=C(Cl)Cc1ccccc1. The zero-order valence-corrected chi connectivity index (χ0v) is 64.7. The monoisotopic (exact) mass is 1600 g/mol. The molecule has 1 fully saturated rings. The molecule has 2 atom stereocenters. The number of allylic oxidation sites excluding steroid dienone is 6. The number of hydrogen-bond acceptors (Lipinski definition) is 29. The van der Waals surface area contributed by atoms with Crippen molar-refractivity contribution < 1.29 is 24.0 Å². The molecule has 0 radical (unpaired) electrons. The maximum atomic E-state index is 12.3. The van der Waals surface area contributed by atoms with Crippen LogP contribution in [0.3, 0.4) is 0 Å². The number of nitrogens with two attached hydrogens (primary N) is 4. The highest BCUT2D eigenvalue weighted by Gasteiger charge is 2.38. The molecular formula is C74H76ClN21O5S7. The molecule has 0 saturated heterocycles. The maximum Gasteiger partial charge on any atom is 0.230 e. The van der Waals surface area contributed by atoms with Crippen molar-refractivity contribution in [3.63, 3.8) is 0 Å². The summed E-state index contributed by atoms with van der Waals surface area (Å²) in [7, 11) is 0. The lowest BCUT2D eigenvalue weighted by Crippen LogP contribution is -2.34. The number of hydrogen-bond donors (Lipinski definition) is 7. The predicted molar refractivity (Wildman–Crippen MR) is 430 cm³/mol. The molecule has 34 heteroatoms. The topological polar surface area (TPSA) is 428 Å². The van der Waals surface area contributed by atoms with E-state index in [9.17, 15) is 24.0 Å². The Balaban J connectivity index is 0.000000204. The minimum atomic E-state index is -0.314. The van der Waals surface area contributed by atoms with Crippen molar-refractivity contribution in [1.82, 2.24) is 66.6 Å². The van der Waals surface area contributed by atoms with E-state index in [-0.39, 0.29) is 33.7 Å². The van der Waals surface area contributed by atoms with Gasteiger partial charge in [0, 0.05) is 57.8 Å². The molecule has 1 aliphatic rings. The van der Waals surface area contributed by atoms with E-state index in [2.05, 4.69) is 89.9 Å². The molecule has 1 saturated carbocycles. The van der Waals surface area contributed by atoms with E-state index in [4.69, 9.17) is 39.3 Å². The maximum absolute atomic E-state index is 12.3. The quantitative estimate of drug-likeness (QED) is 0.00723. The molecule has 11 aromatic rings. The summed E-state index contributed by atoms with van der Waals surface area (Å²) in [6.45, 7) is 0. The summed E-state index contributed by atoms with van der Waals surface area (Å²) >= 11 is 18.0. The number of nitriles is 2. The van der Waals surface area contributed by atoms with Gasteiger partial charge in [-0.05, 0) is 69.9 Å². The van der Waals surface area contributed by atoms with Gasteiger partial charge in [0.2, 0.25) is 37.6 Å². The van der Waals surface area contributed by atoms with Gasteiger partial charge >= 0.3 is 0 Å². The van der Waals surface area contributed by atoms with Crippen molar-refractivity contribution >= 4 is 146 Å². The summed E-state index contributed by atoms with van der Waals surface area (Å²) in [5.74, 6) is 5.84. The first-order chi connectivity index (χ1) is 52.4. The molecule has 6 heterocycles. The van der Waals surface area contributed by atoms with Gasteiger partial charge < -0.3 is 33.3 Å². The molecule has 556 valence electrons. The fourth-order valence-corrected chi connectivity index (χ4v) is 14.1. The fourth-order valence-electron chi connectivity index (χ4n) is 9.38. The molecule has 2 amide bonds. The minimum absolute atomic E-state index is 0.0856. The van der Waals surface area contributed by atoms with Gasteiger partial charge in [-0.1, -0.05) is 233 Å². The van der Waals surface area contributed by atoms with Gasteiger partial charge in [0.05, 0.1) is 50.7 Å². The highest BCUT2D eigenvalue weighted by molar-refractivity contribution is 7.80. The minimum Gasteiger partial charge on any atom is -0.375 e. The average Bonchev–Trinajstić information content (AvgIpc) is 1.66. The van der Waals surface area contributed by atoms with E-state index in [1.165, 1.54) is 56.7 Å². The first kappa shape index (κ1) is 84.4. The third kappa shape index (κ3) is 35.5. The number of nitrogens with one attached hydrogen (secondary N) is 3. The molecule has 0 spiro atoms. The fraction of sp³-hybridized carbons (Fsp3) is 0.243. The number of ketones is 2. The lowest BCUT2D eigenvalue weighted by atomic mass is 10.1. The number of nitrogen functional groups attached to an aromatic ring is 2. The number of carbonyl (C=O) groups is 5. The molecule has 0 unspecified atom stereocenters. The summed E-state index contributed by atoms with van der Waals surface area (Å²) in [6, 6.07) is 52.0. The van der Waals surface area contributed by atoms with Crippen molar-refractivity contribution in [3.8, 4) is 12.1 Å². The van der Waals surface area contributed by atoms with E-state index in [0.29, 0.717) is 103 Å². The van der Waals surface area contributed by atoms with Crippen LogP contribution in [0.15, 0.2) is 188 Å². The van der Waals surface area contributed by atoms with Gasteiger partial charge in [-0.3, -0.25) is 24.0 Å². The number of aromatic nitrogens is 12. The lowest BCUT2D eigenvalue weighted by molar-refractivity contribution is -0.118. The van der Waals surface area contributed by atoms with Crippen LogP contribution in [0.1, 0.15) is 87.1 Å². The van der Waals surface area contributed by atoms with Crippen molar-refractivity contribution in [2.75, 3.05) is 22.1 Å². The van der Waals surface area contributed by atoms with Crippen LogP contribution in [0.5, 0.6) is 0 Å². The molecule has 0 aliphatic heterocycles. The van der Waals surface area contributed by atoms with Gasteiger partial charge in [0.25, 0.3) is 0 Å². The first-order valence-electron chi connectivity index (χ1n) is 33.3. The Labute approximate surface area is 658 Å². The van der Waals surface area contributed by atoms with Crippen molar-refractivity contribution in [3.05, 3.63) is 256 Å². The summed E-state index contributed by atoms with van der Waals surface area (Å²) in [6.07, 6.45) is 20.2. The van der Waals surface area contributed by atoms with Crippen LogP contribution in [0.25, 0.3) is 0 Å². The average molecular weight is 1600 g/mol. The number of thiocarbonyl (C=S) groups is 1. The summed E-state index contributed by atoms with van der Waals surface area (Å²) in [5.41, 5.74) is 22.7. The highest BCUT2D eigenvalue weighted by Crippen LogP contribution is 2.44. The van der Waals surface area contributed by atoms with Gasteiger partial charge in [-0.25, -0.2) is 5.84 Å². The second-order valence-electron chi connectivity index (χ2n) is 23.1. The first-order valence-corrected chi connectivity index (χ1v) is 39.0. The standard InChI is InChI=1S/C26H25N5O2S2.C25H23N5O2S2.C8H7ClO.C8H10N6S2.C6H6N2.CH5N3S/c32-21(11-17-7-3-1-4-8-17)16-25-29-28-23(34-25)14-19-13-20(19)15-24-30-31-26(35-24)27-22(33)12-18-9-5-2-6-10-18;31-20(15-18-9-3-1-4-10-18)17-24-29-27-22(33-24)13-7-8-14-23-28-30-25(34-23)26-21(32)16-19-11-5-2-6-12-19;9-8(10)6-7-4-2-1-3-5-7;9-7-13-11-5(15-7)3-1-2-4-6-12-14-8(10)16-6;7-5-3-1-2-4-6-8;2-1(5)4-3/h1-10,19-20H,11-16H2,(H,27,31,33);1-12H,13-17H2,(H,26,30,32);1-5H,6H2;1-2H,3-4H2,(H2,9,13)(H2,10,14);1-2H,3-4H2;3H2,(H3,2,4,5)/b;8-7+;;2*2-1+;/t19-,20-;;;;;/m1...../s1. The molecule has 11 N–H and O–H groups in total. The Hall–Kier alpha value is -10.9. The van der Waals surface area contributed by atoms with Crippen LogP contribution in [0.4, 0.5) is 20.5 Å². The van der Waals surface area contributed by atoms with Crippen LogP contribution in [0.2, 0.25) is 0 Å². The number of halogens is 1.